The van der Waals surface area contributed by atoms with Gasteiger partial charge < -0.3 is 15.2 Å². The third-order valence-corrected chi connectivity index (χ3v) is 4.40. The standard InChI is InChI=1S/C18H11Cl2NO5/c19-9-3-1-8(2-4-9)16(22)15-13(14(17(23)24)18(25)26)11-7-10(20)5-6-12(11)21-15/h1-7,14,21H,(H,23,24)(H,25,26). The summed E-state index contributed by atoms with van der Waals surface area (Å²) in [5.41, 5.74) is 0.402. The molecule has 0 spiro atoms. The van der Waals surface area contributed by atoms with Crippen LogP contribution in [0.2, 0.25) is 10.0 Å². The average molecular weight is 392 g/mol. The van der Waals surface area contributed by atoms with Crippen molar-refractivity contribution in [3.8, 4) is 0 Å². The molecule has 0 atom stereocenters. The number of carboxylic acid groups (broad SMARTS) is 2. The molecule has 3 N–H and O–H groups in total. The highest BCUT2D eigenvalue weighted by Crippen LogP contribution is 2.33. The number of carboxylic acids is 2. The summed E-state index contributed by atoms with van der Waals surface area (Å²) in [5, 5.41) is 19.8. The van der Waals surface area contributed by atoms with Crippen molar-refractivity contribution in [3.05, 3.63) is 69.3 Å². The van der Waals surface area contributed by atoms with Gasteiger partial charge >= 0.3 is 11.9 Å². The van der Waals surface area contributed by atoms with Gasteiger partial charge in [-0.3, -0.25) is 14.4 Å². The number of H-pyrrole nitrogens is 1. The minimum Gasteiger partial charge on any atom is -0.480 e. The summed E-state index contributed by atoms with van der Waals surface area (Å²) in [5.74, 6) is -5.63. The highest BCUT2D eigenvalue weighted by atomic mass is 35.5. The van der Waals surface area contributed by atoms with Gasteiger partial charge in [0.05, 0.1) is 5.69 Å². The van der Waals surface area contributed by atoms with Gasteiger partial charge in [-0.1, -0.05) is 23.2 Å². The van der Waals surface area contributed by atoms with Crippen LogP contribution >= 0.6 is 23.2 Å². The number of aromatic nitrogens is 1. The number of carbonyl (C=O) groups is 3. The van der Waals surface area contributed by atoms with Crippen LogP contribution in [-0.4, -0.2) is 32.9 Å². The Labute approximate surface area is 157 Å². The Hall–Kier alpha value is -2.83. The van der Waals surface area contributed by atoms with Gasteiger partial charge in [0.15, 0.2) is 5.92 Å². The van der Waals surface area contributed by atoms with Gasteiger partial charge in [0, 0.05) is 32.1 Å². The van der Waals surface area contributed by atoms with Gasteiger partial charge in [0.25, 0.3) is 0 Å². The van der Waals surface area contributed by atoms with E-state index in [2.05, 4.69) is 4.98 Å². The number of benzene rings is 2. The molecular weight excluding hydrogens is 381 g/mol. The number of hydrogen-bond acceptors (Lipinski definition) is 3. The maximum Gasteiger partial charge on any atom is 0.322 e. The summed E-state index contributed by atoms with van der Waals surface area (Å²) >= 11 is 11.8. The van der Waals surface area contributed by atoms with Crippen LogP contribution in [0.25, 0.3) is 10.9 Å². The average Bonchev–Trinajstić information content (AvgIpc) is 2.93. The molecule has 0 fully saturated rings. The van der Waals surface area contributed by atoms with Crippen LogP contribution in [0.4, 0.5) is 0 Å². The van der Waals surface area contributed by atoms with E-state index in [0.717, 1.165) is 0 Å². The largest absolute Gasteiger partial charge is 0.480 e. The molecule has 26 heavy (non-hydrogen) atoms. The first-order valence-electron chi connectivity index (χ1n) is 7.36. The second-order valence-electron chi connectivity index (χ2n) is 5.55. The first-order valence-corrected chi connectivity index (χ1v) is 8.12. The number of nitrogens with one attached hydrogen (secondary N) is 1. The fraction of sp³-hybridized carbons (Fsp3) is 0.0556. The number of aromatic amines is 1. The summed E-state index contributed by atoms with van der Waals surface area (Å²) in [4.78, 5) is 38.9. The topological polar surface area (TPSA) is 107 Å². The molecule has 3 rings (SSSR count). The van der Waals surface area contributed by atoms with Crippen molar-refractivity contribution in [2.75, 3.05) is 0 Å². The van der Waals surface area contributed by atoms with E-state index in [-0.39, 0.29) is 27.2 Å². The Morgan fingerprint density at radius 2 is 1.46 bits per heavy atom. The number of halogens is 2. The highest BCUT2D eigenvalue weighted by Gasteiger charge is 2.35. The van der Waals surface area contributed by atoms with Crippen molar-refractivity contribution < 1.29 is 24.6 Å². The van der Waals surface area contributed by atoms with Crippen LogP contribution in [-0.2, 0) is 9.59 Å². The second kappa shape index (κ2) is 6.82. The molecule has 0 aliphatic heterocycles. The molecule has 0 bridgehead atoms. The normalized spacial score (nSPS) is 11.0. The summed E-state index contributed by atoms with van der Waals surface area (Å²) in [7, 11) is 0. The number of ketones is 1. The first kappa shape index (κ1) is 18.0. The molecule has 0 aliphatic rings. The number of aliphatic carboxylic acids is 2. The smallest absolute Gasteiger partial charge is 0.322 e. The van der Waals surface area contributed by atoms with Crippen LogP contribution in [0, 0.1) is 0 Å². The lowest BCUT2D eigenvalue weighted by Crippen LogP contribution is -2.23. The zero-order valence-corrected chi connectivity index (χ0v) is 14.5. The lowest BCUT2D eigenvalue weighted by molar-refractivity contribution is -0.149. The zero-order chi connectivity index (χ0) is 19.0. The minimum absolute atomic E-state index is 0.112. The lowest BCUT2D eigenvalue weighted by Gasteiger charge is -2.10. The third kappa shape index (κ3) is 3.16. The summed E-state index contributed by atoms with van der Waals surface area (Å²) in [6, 6.07) is 10.5. The van der Waals surface area contributed by atoms with E-state index < -0.39 is 23.6 Å². The van der Waals surface area contributed by atoms with Crippen LogP contribution in [0.3, 0.4) is 0 Å². The summed E-state index contributed by atoms with van der Waals surface area (Å²) in [6.07, 6.45) is 0. The molecule has 0 radical (unpaired) electrons. The van der Waals surface area contributed by atoms with Crippen LogP contribution in [0.5, 0.6) is 0 Å². The Morgan fingerprint density at radius 3 is 2.04 bits per heavy atom. The molecule has 0 unspecified atom stereocenters. The molecular formula is C18H11Cl2NO5. The van der Waals surface area contributed by atoms with Crippen LogP contribution in [0.1, 0.15) is 27.5 Å². The maximum absolute atomic E-state index is 12.9. The van der Waals surface area contributed by atoms with Crippen molar-refractivity contribution in [2.45, 2.75) is 5.92 Å². The Bertz CT molecular complexity index is 1030. The third-order valence-electron chi connectivity index (χ3n) is 3.92. The van der Waals surface area contributed by atoms with E-state index in [1.807, 2.05) is 0 Å². The van der Waals surface area contributed by atoms with Gasteiger partial charge in [0.1, 0.15) is 0 Å². The van der Waals surface area contributed by atoms with Gasteiger partial charge in [-0.15, -0.1) is 0 Å². The number of hydrogen-bond donors (Lipinski definition) is 3. The van der Waals surface area contributed by atoms with E-state index in [1.165, 1.54) is 30.3 Å². The quantitative estimate of drug-likeness (QED) is 0.450. The van der Waals surface area contributed by atoms with Gasteiger partial charge in [0.2, 0.25) is 5.78 Å². The first-order chi connectivity index (χ1) is 12.3. The maximum atomic E-state index is 12.9. The second-order valence-corrected chi connectivity index (χ2v) is 6.42. The number of carbonyl (C=O) groups excluding carboxylic acids is 1. The van der Waals surface area contributed by atoms with E-state index in [1.54, 1.807) is 12.1 Å². The molecule has 2 aromatic carbocycles. The van der Waals surface area contributed by atoms with E-state index in [9.17, 15) is 24.6 Å². The van der Waals surface area contributed by atoms with Crippen molar-refractivity contribution >= 4 is 51.8 Å². The van der Waals surface area contributed by atoms with Gasteiger partial charge in [-0.2, -0.15) is 0 Å². The van der Waals surface area contributed by atoms with Crippen molar-refractivity contribution in [1.29, 1.82) is 0 Å². The predicted octanol–water partition coefficient (Wildman–Crippen LogP) is 3.96. The molecule has 3 aromatic rings. The lowest BCUT2D eigenvalue weighted by atomic mass is 9.93. The zero-order valence-electron chi connectivity index (χ0n) is 13.0. The predicted molar refractivity (Wildman–Crippen MR) is 96.2 cm³/mol. The molecule has 1 heterocycles. The van der Waals surface area contributed by atoms with E-state index in [4.69, 9.17) is 23.2 Å². The Kier molecular flexibility index (Phi) is 4.71. The highest BCUT2D eigenvalue weighted by molar-refractivity contribution is 6.31. The SMILES string of the molecule is O=C(c1ccc(Cl)cc1)c1[nH]c2ccc(Cl)cc2c1C(C(=O)O)C(=O)O. The Morgan fingerprint density at radius 1 is 0.885 bits per heavy atom. The van der Waals surface area contributed by atoms with Crippen LogP contribution < -0.4 is 0 Å². The molecule has 0 saturated heterocycles. The molecule has 132 valence electrons. The Balaban J connectivity index is 2.29. The van der Waals surface area contributed by atoms with Crippen molar-refractivity contribution in [1.82, 2.24) is 4.98 Å². The summed E-state index contributed by atoms with van der Waals surface area (Å²) < 4.78 is 0. The van der Waals surface area contributed by atoms with Crippen molar-refractivity contribution in [3.63, 3.8) is 0 Å². The minimum atomic E-state index is -1.92. The van der Waals surface area contributed by atoms with Gasteiger partial charge in [-0.05, 0) is 42.5 Å². The van der Waals surface area contributed by atoms with E-state index >= 15 is 0 Å². The summed E-state index contributed by atoms with van der Waals surface area (Å²) in [6.45, 7) is 0. The molecule has 1 aromatic heterocycles. The number of fused-ring (bicyclic) bond motifs is 1. The molecule has 0 saturated carbocycles. The fourth-order valence-electron chi connectivity index (χ4n) is 2.76. The molecule has 0 aliphatic carbocycles. The number of rotatable bonds is 5. The molecule has 6 nitrogen and oxygen atoms in total. The van der Waals surface area contributed by atoms with Gasteiger partial charge in [-0.25, -0.2) is 0 Å². The fourth-order valence-corrected chi connectivity index (χ4v) is 3.06. The molecule has 0 amide bonds. The molecule has 8 heteroatoms. The van der Waals surface area contributed by atoms with Crippen LogP contribution in [0.15, 0.2) is 42.5 Å². The monoisotopic (exact) mass is 391 g/mol. The van der Waals surface area contributed by atoms with E-state index in [0.29, 0.717) is 10.5 Å². The van der Waals surface area contributed by atoms with Crippen molar-refractivity contribution in [2.24, 2.45) is 0 Å².